The normalized spacial score (nSPS) is 15.0. The first-order valence-electron chi connectivity index (χ1n) is 7.69. The lowest BCUT2D eigenvalue weighted by molar-refractivity contribution is 0.139. The molecule has 0 fully saturated rings. The van der Waals surface area contributed by atoms with Gasteiger partial charge in [-0.05, 0) is 26.8 Å². The number of ether oxygens (including phenoxy) is 1. The zero-order valence-electron chi connectivity index (χ0n) is 13.9. The zero-order chi connectivity index (χ0) is 16.6. The van der Waals surface area contributed by atoms with Gasteiger partial charge in [-0.1, -0.05) is 12.1 Å². The second kappa shape index (κ2) is 5.61. The van der Waals surface area contributed by atoms with Crippen molar-refractivity contribution in [2.45, 2.75) is 39.3 Å². The van der Waals surface area contributed by atoms with Gasteiger partial charge in [0.1, 0.15) is 11.4 Å². The molecule has 2 amide bonds. The summed E-state index contributed by atoms with van der Waals surface area (Å²) in [6.07, 6.45) is 2.61. The molecule has 6 nitrogen and oxygen atoms in total. The highest BCUT2D eigenvalue weighted by Gasteiger charge is 2.31. The van der Waals surface area contributed by atoms with E-state index in [0.29, 0.717) is 12.2 Å². The van der Waals surface area contributed by atoms with Crippen LogP contribution in [0.15, 0.2) is 24.4 Å². The molecule has 1 aromatic carbocycles. The summed E-state index contributed by atoms with van der Waals surface area (Å²) in [7, 11) is 1.88. The summed E-state index contributed by atoms with van der Waals surface area (Å²) in [6, 6.07) is 5.57. The molecule has 0 unspecified atom stereocenters. The van der Waals surface area contributed by atoms with E-state index in [1.165, 1.54) is 0 Å². The average molecular weight is 314 g/mol. The second-order valence-corrected chi connectivity index (χ2v) is 6.52. The van der Waals surface area contributed by atoms with E-state index in [1.54, 1.807) is 10.9 Å². The third kappa shape index (κ3) is 3.16. The standard InChI is InChI=1S/C17H22N4O2/c1-11-13(10-19-21(11)4)9-18-16(22)20-14-7-5-6-12-8-17(2,3)23-15(12)14/h5-7,10H,8-9H2,1-4H3,(H2,18,20,22). The van der Waals surface area contributed by atoms with E-state index >= 15 is 0 Å². The quantitative estimate of drug-likeness (QED) is 0.915. The summed E-state index contributed by atoms with van der Waals surface area (Å²) in [5, 5.41) is 9.90. The average Bonchev–Trinajstić information content (AvgIpc) is 2.97. The number of hydrogen-bond donors (Lipinski definition) is 2. The number of aryl methyl sites for hydroxylation is 1. The fourth-order valence-electron chi connectivity index (χ4n) is 2.77. The number of fused-ring (bicyclic) bond motifs is 1. The predicted molar refractivity (Wildman–Crippen MR) is 88.7 cm³/mol. The van der Waals surface area contributed by atoms with Gasteiger partial charge in [0.15, 0.2) is 0 Å². The first kappa shape index (κ1) is 15.4. The molecule has 1 aromatic heterocycles. The van der Waals surface area contributed by atoms with Crippen LogP contribution in [0.4, 0.5) is 10.5 Å². The number of anilines is 1. The van der Waals surface area contributed by atoms with E-state index < -0.39 is 0 Å². The number of nitrogens with one attached hydrogen (secondary N) is 2. The number of benzene rings is 1. The van der Waals surface area contributed by atoms with Crippen LogP contribution in [0.2, 0.25) is 0 Å². The van der Waals surface area contributed by atoms with Crippen molar-refractivity contribution in [2.75, 3.05) is 5.32 Å². The maximum absolute atomic E-state index is 12.2. The van der Waals surface area contributed by atoms with Gasteiger partial charge in [0, 0.05) is 36.8 Å². The van der Waals surface area contributed by atoms with Crippen molar-refractivity contribution in [2.24, 2.45) is 7.05 Å². The highest BCUT2D eigenvalue weighted by atomic mass is 16.5. The lowest BCUT2D eigenvalue weighted by Crippen LogP contribution is -2.29. The fraction of sp³-hybridized carbons (Fsp3) is 0.412. The summed E-state index contributed by atoms with van der Waals surface area (Å²) in [6.45, 7) is 6.50. The number of carbonyl (C=O) groups is 1. The van der Waals surface area contributed by atoms with Gasteiger partial charge >= 0.3 is 6.03 Å². The number of rotatable bonds is 3. The summed E-state index contributed by atoms with van der Waals surface area (Å²) < 4.78 is 7.74. The first-order chi connectivity index (χ1) is 10.9. The lowest BCUT2D eigenvalue weighted by atomic mass is 10.0. The van der Waals surface area contributed by atoms with Gasteiger partial charge in [-0.15, -0.1) is 0 Å². The molecule has 2 aromatic rings. The number of amides is 2. The Morgan fingerprint density at radius 3 is 2.91 bits per heavy atom. The molecule has 0 saturated heterocycles. The van der Waals surface area contributed by atoms with Crippen molar-refractivity contribution >= 4 is 11.7 Å². The Morgan fingerprint density at radius 1 is 1.43 bits per heavy atom. The minimum atomic E-state index is -0.255. The number of hydrogen-bond acceptors (Lipinski definition) is 3. The zero-order valence-corrected chi connectivity index (χ0v) is 13.9. The van der Waals surface area contributed by atoms with Crippen molar-refractivity contribution in [3.05, 3.63) is 41.2 Å². The third-order valence-corrected chi connectivity index (χ3v) is 4.12. The van der Waals surface area contributed by atoms with Gasteiger partial charge in [-0.3, -0.25) is 4.68 Å². The number of carbonyl (C=O) groups excluding carboxylic acids is 1. The van der Waals surface area contributed by atoms with E-state index in [0.717, 1.165) is 29.0 Å². The van der Waals surface area contributed by atoms with E-state index in [2.05, 4.69) is 15.7 Å². The Morgan fingerprint density at radius 2 is 2.22 bits per heavy atom. The van der Waals surface area contributed by atoms with Crippen LogP contribution in [0.1, 0.15) is 30.7 Å². The van der Waals surface area contributed by atoms with Crippen molar-refractivity contribution in [1.82, 2.24) is 15.1 Å². The van der Waals surface area contributed by atoms with E-state index in [1.807, 2.05) is 46.0 Å². The Kier molecular flexibility index (Phi) is 3.75. The van der Waals surface area contributed by atoms with Crippen LogP contribution in [-0.4, -0.2) is 21.4 Å². The minimum Gasteiger partial charge on any atom is -0.485 e. The van der Waals surface area contributed by atoms with Crippen LogP contribution in [0, 0.1) is 6.92 Å². The van der Waals surface area contributed by atoms with E-state index in [-0.39, 0.29) is 11.6 Å². The molecule has 0 bridgehead atoms. The third-order valence-electron chi connectivity index (χ3n) is 4.12. The molecule has 0 spiro atoms. The summed E-state index contributed by atoms with van der Waals surface area (Å²) in [5.74, 6) is 0.769. The highest BCUT2D eigenvalue weighted by Crippen LogP contribution is 2.40. The summed E-state index contributed by atoms with van der Waals surface area (Å²) >= 11 is 0. The van der Waals surface area contributed by atoms with Gasteiger partial charge in [0.2, 0.25) is 0 Å². The molecule has 3 rings (SSSR count). The summed E-state index contributed by atoms with van der Waals surface area (Å²) in [5.41, 5.74) is 3.63. The van der Waals surface area contributed by atoms with Crippen LogP contribution in [-0.2, 0) is 20.0 Å². The van der Waals surface area contributed by atoms with Gasteiger partial charge in [-0.25, -0.2) is 4.79 Å². The molecule has 23 heavy (non-hydrogen) atoms. The molecule has 0 aliphatic carbocycles. The van der Waals surface area contributed by atoms with Gasteiger partial charge in [0.05, 0.1) is 11.9 Å². The fourth-order valence-corrected chi connectivity index (χ4v) is 2.77. The molecule has 0 radical (unpaired) electrons. The van der Waals surface area contributed by atoms with Crippen molar-refractivity contribution in [1.29, 1.82) is 0 Å². The van der Waals surface area contributed by atoms with E-state index in [4.69, 9.17) is 4.74 Å². The van der Waals surface area contributed by atoms with Gasteiger partial charge in [0.25, 0.3) is 0 Å². The van der Waals surface area contributed by atoms with Crippen molar-refractivity contribution in [3.63, 3.8) is 0 Å². The van der Waals surface area contributed by atoms with Crippen molar-refractivity contribution in [3.8, 4) is 5.75 Å². The van der Waals surface area contributed by atoms with Crippen LogP contribution in [0.3, 0.4) is 0 Å². The van der Waals surface area contributed by atoms with Crippen molar-refractivity contribution < 1.29 is 9.53 Å². The number of urea groups is 1. The molecule has 0 saturated carbocycles. The van der Waals surface area contributed by atoms with Crippen LogP contribution in [0.25, 0.3) is 0 Å². The Hall–Kier alpha value is -2.50. The molecule has 1 aliphatic heterocycles. The highest BCUT2D eigenvalue weighted by molar-refractivity contribution is 5.91. The largest absolute Gasteiger partial charge is 0.485 e. The maximum Gasteiger partial charge on any atom is 0.319 e. The number of aromatic nitrogens is 2. The first-order valence-corrected chi connectivity index (χ1v) is 7.69. The van der Waals surface area contributed by atoms with Gasteiger partial charge in [-0.2, -0.15) is 5.10 Å². The lowest BCUT2D eigenvalue weighted by Gasteiger charge is -2.18. The molecule has 0 atom stereocenters. The predicted octanol–water partition coefficient (Wildman–Crippen LogP) is 2.76. The number of para-hydroxylation sites is 1. The molecule has 2 heterocycles. The smallest absolute Gasteiger partial charge is 0.319 e. The molecular weight excluding hydrogens is 292 g/mol. The van der Waals surface area contributed by atoms with Crippen LogP contribution >= 0.6 is 0 Å². The number of nitrogens with zero attached hydrogens (tertiary/aromatic N) is 2. The van der Waals surface area contributed by atoms with Crippen LogP contribution < -0.4 is 15.4 Å². The Labute approximate surface area is 135 Å². The molecule has 2 N–H and O–H groups in total. The Bertz CT molecular complexity index is 749. The van der Waals surface area contributed by atoms with Gasteiger partial charge < -0.3 is 15.4 Å². The molecule has 1 aliphatic rings. The maximum atomic E-state index is 12.2. The second-order valence-electron chi connectivity index (χ2n) is 6.52. The van der Waals surface area contributed by atoms with E-state index in [9.17, 15) is 4.79 Å². The topological polar surface area (TPSA) is 68.2 Å². The molecule has 122 valence electrons. The summed E-state index contributed by atoms with van der Waals surface area (Å²) in [4.78, 5) is 12.2. The van der Waals surface area contributed by atoms with Crippen LogP contribution in [0.5, 0.6) is 5.75 Å². The molecule has 6 heteroatoms. The monoisotopic (exact) mass is 314 g/mol. The molecular formula is C17H22N4O2. The Balaban J connectivity index is 1.66. The minimum absolute atomic E-state index is 0.233. The SMILES string of the molecule is Cc1c(CNC(=O)Nc2cccc3c2OC(C)(C)C3)cnn1C.